The highest BCUT2D eigenvalue weighted by molar-refractivity contribution is 5.63. The van der Waals surface area contributed by atoms with Crippen LogP contribution < -0.4 is 9.80 Å². The number of hydrogen-bond acceptors (Lipinski definition) is 3. The van der Waals surface area contributed by atoms with Gasteiger partial charge in [0, 0.05) is 51.6 Å². The summed E-state index contributed by atoms with van der Waals surface area (Å²) < 4.78 is 0. The van der Waals surface area contributed by atoms with Crippen molar-refractivity contribution >= 4 is 11.4 Å². The highest BCUT2D eigenvalue weighted by atomic mass is 15.3. The van der Waals surface area contributed by atoms with E-state index in [2.05, 4.69) is 67.8 Å². The molecule has 0 atom stereocenters. The van der Waals surface area contributed by atoms with Gasteiger partial charge in [0.05, 0.1) is 0 Å². The maximum Gasteiger partial charge on any atom is 0.0404 e. The molecule has 2 aliphatic rings. The molecule has 1 aliphatic carbocycles. The summed E-state index contributed by atoms with van der Waals surface area (Å²) in [6, 6.07) is 7.21. The van der Waals surface area contributed by atoms with Crippen LogP contribution in [0.4, 0.5) is 11.4 Å². The van der Waals surface area contributed by atoms with Gasteiger partial charge in [0.15, 0.2) is 0 Å². The molecule has 0 spiro atoms. The zero-order chi connectivity index (χ0) is 19.4. The summed E-state index contributed by atoms with van der Waals surface area (Å²) >= 11 is 0. The monoisotopic (exact) mass is 371 g/mol. The van der Waals surface area contributed by atoms with E-state index in [1.807, 2.05) is 0 Å². The van der Waals surface area contributed by atoms with Crippen LogP contribution in [0, 0.1) is 5.41 Å². The summed E-state index contributed by atoms with van der Waals surface area (Å²) in [4.78, 5) is 7.57. The van der Waals surface area contributed by atoms with Gasteiger partial charge in [-0.05, 0) is 73.7 Å². The van der Waals surface area contributed by atoms with Crippen molar-refractivity contribution in [2.45, 2.75) is 65.2 Å². The summed E-state index contributed by atoms with van der Waals surface area (Å²) in [5.41, 5.74) is 5.00. The molecule has 0 amide bonds. The van der Waals surface area contributed by atoms with Gasteiger partial charge in [-0.15, -0.1) is 0 Å². The summed E-state index contributed by atoms with van der Waals surface area (Å²) in [7, 11) is 4.32. The van der Waals surface area contributed by atoms with Crippen LogP contribution in [0.2, 0.25) is 0 Å². The molecule has 1 aromatic rings. The van der Waals surface area contributed by atoms with Crippen LogP contribution in [0.25, 0.3) is 0 Å². The van der Waals surface area contributed by atoms with E-state index in [0.717, 1.165) is 5.92 Å². The maximum absolute atomic E-state index is 2.66. The van der Waals surface area contributed by atoms with Crippen molar-refractivity contribution in [2.24, 2.45) is 5.41 Å². The number of benzene rings is 1. The van der Waals surface area contributed by atoms with Gasteiger partial charge in [0.2, 0.25) is 0 Å². The van der Waals surface area contributed by atoms with Crippen molar-refractivity contribution in [3.63, 3.8) is 0 Å². The Labute approximate surface area is 167 Å². The van der Waals surface area contributed by atoms with E-state index in [1.165, 1.54) is 82.6 Å². The number of nitrogens with zero attached hydrogens (tertiary/aromatic N) is 3. The van der Waals surface area contributed by atoms with Gasteiger partial charge < -0.3 is 9.80 Å². The molecule has 152 valence electrons. The number of anilines is 2. The van der Waals surface area contributed by atoms with Gasteiger partial charge in [0.1, 0.15) is 0 Å². The first kappa shape index (κ1) is 20.5. The Balaban J connectivity index is 1.76. The number of piperazine rings is 1. The zero-order valence-corrected chi connectivity index (χ0v) is 18.4. The molecule has 0 aromatic heterocycles. The summed E-state index contributed by atoms with van der Waals surface area (Å²) in [6.45, 7) is 13.2. The lowest BCUT2D eigenvalue weighted by Gasteiger charge is -2.40. The van der Waals surface area contributed by atoms with Gasteiger partial charge in [-0.3, -0.25) is 4.90 Å². The lowest BCUT2D eigenvalue weighted by atomic mass is 9.71. The number of hydrogen-bond donors (Lipinski definition) is 0. The third-order valence-corrected chi connectivity index (χ3v) is 6.85. The Kier molecular flexibility index (Phi) is 6.73. The quantitative estimate of drug-likeness (QED) is 0.666. The molecule has 0 bridgehead atoms. The number of unbranched alkanes of at least 4 members (excludes halogenated alkanes) is 1. The van der Waals surface area contributed by atoms with Crippen LogP contribution in [-0.2, 0) is 0 Å². The molecule has 1 saturated carbocycles. The Morgan fingerprint density at radius 1 is 1.04 bits per heavy atom. The van der Waals surface area contributed by atoms with Crippen molar-refractivity contribution in [3.8, 4) is 0 Å². The Hall–Kier alpha value is -1.22. The third-order valence-electron chi connectivity index (χ3n) is 6.85. The maximum atomic E-state index is 2.66. The van der Waals surface area contributed by atoms with Gasteiger partial charge in [-0.25, -0.2) is 0 Å². The molecule has 3 heteroatoms. The lowest BCUT2D eigenvalue weighted by molar-refractivity contribution is 0.224. The summed E-state index contributed by atoms with van der Waals surface area (Å²) in [5.74, 6) is 0.728. The second-order valence-electron chi connectivity index (χ2n) is 9.76. The molecule has 1 saturated heterocycles. The van der Waals surface area contributed by atoms with E-state index in [-0.39, 0.29) is 0 Å². The first-order valence-corrected chi connectivity index (χ1v) is 11.2. The van der Waals surface area contributed by atoms with Crippen molar-refractivity contribution < 1.29 is 0 Å². The first-order chi connectivity index (χ1) is 12.9. The summed E-state index contributed by atoms with van der Waals surface area (Å²) in [5, 5.41) is 0. The van der Waals surface area contributed by atoms with Gasteiger partial charge in [-0.1, -0.05) is 27.2 Å². The fourth-order valence-electron chi connectivity index (χ4n) is 4.74. The zero-order valence-electron chi connectivity index (χ0n) is 18.4. The Morgan fingerprint density at radius 2 is 1.70 bits per heavy atom. The molecule has 0 radical (unpaired) electrons. The molecule has 3 nitrogen and oxygen atoms in total. The van der Waals surface area contributed by atoms with Crippen LogP contribution in [0.3, 0.4) is 0 Å². The third kappa shape index (κ3) is 5.19. The molecular weight excluding hydrogens is 330 g/mol. The predicted molar refractivity (Wildman–Crippen MR) is 119 cm³/mol. The van der Waals surface area contributed by atoms with Crippen molar-refractivity contribution in [3.05, 3.63) is 23.8 Å². The van der Waals surface area contributed by atoms with Crippen LogP contribution in [0.1, 0.15) is 70.8 Å². The molecule has 1 heterocycles. The van der Waals surface area contributed by atoms with E-state index in [4.69, 9.17) is 0 Å². The molecular formula is C24H41N3. The van der Waals surface area contributed by atoms with E-state index < -0.39 is 0 Å². The first-order valence-electron chi connectivity index (χ1n) is 11.2. The standard InChI is InChI=1S/C24H41N3/c1-6-7-14-26-15-17-27(18-16-26)23-9-8-21(25(4)5)19-22(23)20-10-12-24(2,3)13-11-20/h8-9,19-20H,6-7,10-18H2,1-5H3. The van der Waals surface area contributed by atoms with Crippen LogP contribution in [-0.4, -0.2) is 51.7 Å². The van der Waals surface area contributed by atoms with Crippen LogP contribution >= 0.6 is 0 Å². The minimum atomic E-state index is 0.528. The minimum absolute atomic E-state index is 0.528. The second kappa shape index (κ2) is 8.86. The average molecular weight is 372 g/mol. The smallest absolute Gasteiger partial charge is 0.0404 e. The molecule has 1 aromatic carbocycles. The van der Waals surface area contributed by atoms with Crippen molar-refractivity contribution in [1.82, 2.24) is 4.90 Å². The largest absolute Gasteiger partial charge is 0.378 e. The molecule has 0 unspecified atom stereocenters. The Bertz CT molecular complexity index is 590. The van der Waals surface area contributed by atoms with Crippen LogP contribution in [0.15, 0.2) is 18.2 Å². The van der Waals surface area contributed by atoms with E-state index in [1.54, 1.807) is 5.56 Å². The van der Waals surface area contributed by atoms with Gasteiger partial charge in [0.25, 0.3) is 0 Å². The van der Waals surface area contributed by atoms with Gasteiger partial charge >= 0.3 is 0 Å². The topological polar surface area (TPSA) is 9.72 Å². The molecule has 27 heavy (non-hydrogen) atoms. The molecule has 2 fully saturated rings. The fraction of sp³-hybridized carbons (Fsp3) is 0.750. The molecule has 3 rings (SSSR count). The normalized spacial score (nSPS) is 21.4. The van der Waals surface area contributed by atoms with E-state index in [0.29, 0.717) is 5.41 Å². The number of rotatable bonds is 6. The minimum Gasteiger partial charge on any atom is -0.378 e. The highest BCUT2D eigenvalue weighted by Crippen LogP contribution is 2.45. The average Bonchev–Trinajstić information content (AvgIpc) is 2.66. The highest BCUT2D eigenvalue weighted by Gasteiger charge is 2.30. The molecule has 1 aliphatic heterocycles. The molecule has 0 N–H and O–H groups in total. The predicted octanol–water partition coefficient (Wildman–Crippen LogP) is 5.36. The van der Waals surface area contributed by atoms with Crippen molar-refractivity contribution in [2.75, 3.05) is 56.6 Å². The fourth-order valence-corrected chi connectivity index (χ4v) is 4.74. The lowest BCUT2D eigenvalue weighted by Crippen LogP contribution is -2.47. The second-order valence-corrected chi connectivity index (χ2v) is 9.76. The van der Waals surface area contributed by atoms with E-state index >= 15 is 0 Å². The van der Waals surface area contributed by atoms with E-state index in [9.17, 15) is 0 Å². The SMILES string of the molecule is CCCCN1CCN(c2ccc(N(C)C)cc2C2CCC(C)(C)CC2)CC1. The Morgan fingerprint density at radius 3 is 2.30 bits per heavy atom. The summed E-state index contributed by atoms with van der Waals surface area (Å²) in [6.07, 6.45) is 8.03. The van der Waals surface area contributed by atoms with Gasteiger partial charge in [-0.2, -0.15) is 0 Å². The van der Waals surface area contributed by atoms with Crippen LogP contribution in [0.5, 0.6) is 0 Å². The van der Waals surface area contributed by atoms with Crippen molar-refractivity contribution in [1.29, 1.82) is 0 Å².